The summed E-state index contributed by atoms with van der Waals surface area (Å²) in [5, 5.41) is 20.1. The molecule has 36 heavy (non-hydrogen) atoms. The zero-order valence-corrected chi connectivity index (χ0v) is 20.7. The number of rotatable bonds is 7. The second-order valence-electron chi connectivity index (χ2n) is 8.16. The molecule has 1 aliphatic heterocycles. The van der Waals surface area contributed by atoms with Gasteiger partial charge in [-0.2, -0.15) is 10.5 Å². The van der Waals surface area contributed by atoms with Gasteiger partial charge in [0, 0.05) is 17.2 Å². The molecule has 1 fully saturated rings. The number of nitrogens with two attached hydrogens (primary N) is 1. The number of thioether (sulfide) groups is 1. The third kappa shape index (κ3) is 5.28. The molecule has 3 aromatic rings. The fourth-order valence-corrected chi connectivity index (χ4v) is 4.98. The number of benzene rings is 2. The maximum Gasteiger partial charge on any atom is 0.337 e. The van der Waals surface area contributed by atoms with E-state index in [1.54, 1.807) is 42.5 Å². The zero-order valence-electron chi connectivity index (χ0n) is 19.9. The van der Waals surface area contributed by atoms with Crippen LogP contribution < -0.4 is 10.5 Å². The molecule has 0 saturated carbocycles. The standard InChI is InChI=1S/C27H24N4O4S/c1-16(18-4-3-5-19(12-18)27(32)33-2)36-26-23(14-29)24(22(13-28)25(30)31-26)17-6-8-20(9-7-17)35-21-10-11-34-15-21/h3-9,12,16,21H,10-11,15H2,1-2H3,(H2,30,31). The Bertz CT molecular complexity index is 1360. The number of nitrogens with zero attached hydrogens (tertiary/aromatic N) is 3. The van der Waals surface area contributed by atoms with E-state index in [9.17, 15) is 15.3 Å². The predicted molar refractivity (Wildman–Crippen MR) is 135 cm³/mol. The Morgan fingerprint density at radius 1 is 1.19 bits per heavy atom. The SMILES string of the molecule is COC(=O)c1cccc(C(C)Sc2nc(N)c(C#N)c(-c3ccc(OC4CCOC4)cc3)c2C#N)c1. The van der Waals surface area contributed by atoms with E-state index in [1.165, 1.54) is 18.9 Å². The molecule has 0 amide bonds. The summed E-state index contributed by atoms with van der Waals surface area (Å²) in [5.41, 5.74) is 8.97. The van der Waals surface area contributed by atoms with Gasteiger partial charge in [-0.1, -0.05) is 36.0 Å². The van der Waals surface area contributed by atoms with E-state index in [-0.39, 0.29) is 28.3 Å². The minimum Gasteiger partial charge on any atom is -0.488 e. The summed E-state index contributed by atoms with van der Waals surface area (Å²) in [7, 11) is 1.33. The lowest BCUT2D eigenvalue weighted by Gasteiger charge is -2.17. The molecular formula is C27H24N4O4S. The average Bonchev–Trinajstić information content (AvgIpc) is 3.41. The number of methoxy groups -OCH3 is 1. The van der Waals surface area contributed by atoms with Crippen LogP contribution in [0, 0.1) is 22.7 Å². The highest BCUT2D eigenvalue weighted by Gasteiger charge is 2.23. The van der Waals surface area contributed by atoms with Gasteiger partial charge in [-0.15, -0.1) is 0 Å². The molecule has 0 radical (unpaired) electrons. The number of nitriles is 2. The Balaban J connectivity index is 1.68. The number of pyridine rings is 1. The van der Waals surface area contributed by atoms with Crippen molar-refractivity contribution in [3.8, 4) is 29.0 Å². The summed E-state index contributed by atoms with van der Waals surface area (Å²) in [4.78, 5) is 16.3. The van der Waals surface area contributed by atoms with Crippen molar-refractivity contribution >= 4 is 23.5 Å². The molecule has 1 aromatic heterocycles. The van der Waals surface area contributed by atoms with Crippen LogP contribution in [-0.4, -0.2) is 37.4 Å². The summed E-state index contributed by atoms with van der Waals surface area (Å²) < 4.78 is 16.1. The quantitative estimate of drug-likeness (QED) is 0.356. The summed E-state index contributed by atoms with van der Waals surface area (Å²) >= 11 is 1.33. The maximum absolute atomic E-state index is 11.9. The van der Waals surface area contributed by atoms with Gasteiger partial charge in [0.15, 0.2) is 0 Å². The van der Waals surface area contributed by atoms with Gasteiger partial charge in [-0.3, -0.25) is 0 Å². The number of aromatic nitrogens is 1. The normalized spacial score (nSPS) is 15.5. The summed E-state index contributed by atoms with van der Waals surface area (Å²) in [6, 6.07) is 18.6. The first kappa shape index (κ1) is 25.1. The number of nitrogen functional groups attached to an aromatic ring is 1. The summed E-state index contributed by atoms with van der Waals surface area (Å²) in [5.74, 6) is 0.303. The van der Waals surface area contributed by atoms with Crippen molar-refractivity contribution in [1.29, 1.82) is 10.5 Å². The van der Waals surface area contributed by atoms with Crippen molar-refractivity contribution in [3.63, 3.8) is 0 Å². The average molecular weight is 501 g/mol. The molecule has 1 aliphatic rings. The predicted octanol–water partition coefficient (Wildman–Crippen LogP) is 4.88. The molecule has 1 saturated heterocycles. The van der Waals surface area contributed by atoms with E-state index >= 15 is 0 Å². The first-order valence-corrected chi connectivity index (χ1v) is 12.2. The van der Waals surface area contributed by atoms with Crippen LogP contribution in [0.2, 0.25) is 0 Å². The zero-order chi connectivity index (χ0) is 25.7. The highest BCUT2D eigenvalue weighted by atomic mass is 32.2. The summed E-state index contributed by atoms with van der Waals surface area (Å²) in [6.45, 7) is 3.18. The third-order valence-electron chi connectivity index (χ3n) is 5.81. The molecule has 182 valence electrons. The number of esters is 1. The van der Waals surface area contributed by atoms with Crippen LogP contribution >= 0.6 is 11.8 Å². The molecule has 2 unspecified atom stereocenters. The Morgan fingerprint density at radius 3 is 2.58 bits per heavy atom. The molecule has 8 nitrogen and oxygen atoms in total. The van der Waals surface area contributed by atoms with E-state index < -0.39 is 5.97 Å². The topological polar surface area (TPSA) is 131 Å². The van der Waals surface area contributed by atoms with Gasteiger partial charge in [0.2, 0.25) is 0 Å². The largest absolute Gasteiger partial charge is 0.488 e. The Morgan fingerprint density at radius 2 is 1.94 bits per heavy atom. The fraction of sp³-hybridized carbons (Fsp3) is 0.259. The number of ether oxygens (including phenoxy) is 3. The van der Waals surface area contributed by atoms with Crippen molar-refractivity contribution in [2.45, 2.75) is 29.7 Å². The van der Waals surface area contributed by atoms with E-state index in [0.29, 0.717) is 40.7 Å². The van der Waals surface area contributed by atoms with Gasteiger partial charge in [0.05, 0.1) is 31.5 Å². The van der Waals surface area contributed by atoms with Crippen LogP contribution in [0.4, 0.5) is 5.82 Å². The first-order chi connectivity index (χ1) is 17.4. The van der Waals surface area contributed by atoms with Crippen molar-refractivity contribution in [1.82, 2.24) is 4.98 Å². The van der Waals surface area contributed by atoms with Crippen molar-refractivity contribution in [2.75, 3.05) is 26.1 Å². The van der Waals surface area contributed by atoms with Gasteiger partial charge in [0.25, 0.3) is 0 Å². The molecule has 4 rings (SSSR count). The van der Waals surface area contributed by atoms with Crippen LogP contribution in [-0.2, 0) is 9.47 Å². The van der Waals surface area contributed by atoms with Crippen molar-refractivity contribution in [2.24, 2.45) is 0 Å². The van der Waals surface area contributed by atoms with Crippen molar-refractivity contribution < 1.29 is 19.0 Å². The first-order valence-electron chi connectivity index (χ1n) is 11.3. The van der Waals surface area contributed by atoms with Crippen LogP contribution in [0.1, 0.15) is 45.6 Å². The Kier molecular flexibility index (Phi) is 7.74. The molecule has 2 atom stereocenters. The van der Waals surface area contributed by atoms with E-state index in [2.05, 4.69) is 17.1 Å². The molecule has 2 heterocycles. The van der Waals surface area contributed by atoms with Crippen LogP contribution in [0.15, 0.2) is 53.6 Å². The van der Waals surface area contributed by atoms with Gasteiger partial charge in [0.1, 0.15) is 40.4 Å². The van der Waals surface area contributed by atoms with E-state index in [0.717, 1.165) is 12.0 Å². The maximum atomic E-state index is 11.9. The third-order valence-corrected chi connectivity index (χ3v) is 6.96. The lowest BCUT2D eigenvalue weighted by molar-refractivity contribution is 0.0600. The molecule has 0 spiro atoms. The van der Waals surface area contributed by atoms with Crippen LogP contribution in [0.3, 0.4) is 0 Å². The number of hydrogen-bond acceptors (Lipinski definition) is 9. The molecule has 2 aromatic carbocycles. The second kappa shape index (κ2) is 11.1. The molecule has 2 N–H and O–H groups in total. The lowest BCUT2D eigenvalue weighted by Crippen LogP contribution is -2.15. The molecule has 0 bridgehead atoms. The van der Waals surface area contributed by atoms with Gasteiger partial charge in [-0.25, -0.2) is 9.78 Å². The highest BCUT2D eigenvalue weighted by molar-refractivity contribution is 7.99. The lowest BCUT2D eigenvalue weighted by atomic mass is 9.97. The summed E-state index contributed by atoms with van der Waals surface area (Å²) in [6.07, 6.45) is 0.847. The molecule has 0 aliphatic carbocycles. The van der Waals surface area contributed by atoms with E-state index in [1.807, 2.05) is 13.0 Å². The van der Waals surface area contributed by atoms with Gasteiger partial charge in [-0.05, 0) is 42.3 Å². The van der Waals surface area contributed by atoms with Crippen molar-refractivity contribution in [3.05, 3.63) is 70.8 Å². The molecular weight excluding hydrogens is 476 g/mol. The van der Waals surface area contributed by atoms with Crippen LogP contribution in [0.5, 0.6) is 5.75 Å². The number of carbonyl (C=O) groups excluding carboxylic acids is 1. The number of carbonyl (C=O) groups is 1. The Hall–Kier alpha value is -4.05. The second-order valence-corrected chi connectivity index (χ2v) is 9.49. The minimum absolute atomic E-state index is 0.0129. The number of anilines is 1. The minimum atomic E-state index is -0.428. The Labute approximate surface area is 213 Å². The van der Waals surface area contributed by atoms with Crippen LogP contribution in [0.25, 0.3) is 11.1 Å². The van der Waals surface area contributed by atoms with Gasteiger partial charge < -0.3 is 19.9 Å². The molecule has 9 heteroatoms. The van der Waals surface area contributed by atoms with Gasteiger partial charge >= 0.3 is 5.97 Å². The smallest absolute Gasteiger partial charge is 0.337 e. The monoisotopic (exact) mass is 500 g/mol. The number of hydrogen-bond donors (Lipinski definition) is 1. The highest BCUT2D eigenvalue weighted by Crippen LogP contribution is 2.41. The van der Waals surface area contributed by atoms with E-state index in [4.69, 9.17) is 19.9 Å². The fourth-order valence-electron chi connectivity index (χ4n) is 3.94.